The minimum atomic E-state index is -0.836. The van der Waals surface area contributed by atoms with Crippen LogP contribution in [-0.4, -0.2) is 42.0 Å². The van der Waals surface area contributed by atoms with E-state index in [-0.39, 0.29) is 24.0 Å². The predicted molar refractivity (Wildman–Crippen MR) is 136 cm³/mol. The van der Waals surface area contributed by atoms with Gasteiger partial charge in [-0.05, 0) is 49.7 Å². The number of amides is 1. The molecule has 0 saturated carbocycles. The van der Waals surface area contributed by atoms with E-state index in [2.05, 4.69) is 0 Å². The Morgan fingerprint density at radius 2 is 1.64 bits per heavy atom. The van der Waals surface area contributed by atoms with Crippen LogP contribution in [0.15, 0.2) is 78.4 Å². The van der Waals surface area contributed by atoms with Crippen LogP contribution in [0.3, 0.4) is 0 Å². The van der Waals surface area contributed by atoms with Gasteiger partial charge in [0.2, 0.25) is 0 Å². The zero-order valence-corrected chi connectivity index (χ0v) is 20.7. The first-order chi connectivity index (χ1) is 17.3. The number of aliphatic hydroxyl groups is 1. The number of likely N-dealkylation sites (tertiary alicyclic amines) is 1. The number of methoxy groups -OCH3 is 2. The number of carbonyl (C=O) groups excluding carboxylic acids is 2. The zero-order valence-electron chi connectivity index (χ0n) is 20.7. The van der Waals surface area contributed by atoms with Gasteiger partial charge in [-0.2, -0.15) is 0 Å². The van der Waals surface area contributed by atoms with Gasteiger partial charge in [-0.1, -0.05) is 42.5 Å². The van der Waals surface area contributed by atoms with Crippen molar-refractivity contribution < 1.29 is 28.9 Å². The summed E-state index contributed by atoms with van der Waals surface area (Å²) in [6.07, 6.45) is -0.0584. The largest absolute Gasteiger partial charge is 0.507 e. The molecule has 1 unspecified atom stereocenters. The Balaban J connectivity index is 1.88. The van der Waals surface area contributed by atoms with E-state index in [1.165, 1.54) is 12.0 Å². The summed E-state index contributed by atoms with van der Waals surface area (Å²) < 4.78 is 16.6. The molecule has 1 amide bonds. The quantitative estimate of drug-likeness (QED) is 0.270. The highest BCUT2D eigenvalue weighted by Gasteiger charge is 2.46. The number of hydrogen-bond acceptors (Lipinski definition) is 6. The van der Waals surface area contributed by atoms with Crippen LogP contribution < -0.4 is 14.2 Å². The fourth-order valence-electron chi connectivity index (χ4n) is 4.36. The Morgan fingerprint density at radius 3 is 2.36 bits per heavy atom. The Labute approximate surface area is 210 Å². The van der Waals surface area contributed by atoms with Crippen molar-refractivity contribution in [3.05, 3.63) is 95.1 Å². The predicted octanol–water partition coefficient (Wildman–Crippen LogP) is 5.11. The van der Waals surface area contributed by atoms with Crippen molar-refractivity contribution in [2.24, 2.45) is 0 Å². The second kappa shape index (κ2) is 10.6. The Morgan fingerprint density at radius 1 is 0.917 bits per heavy atom. The Hall–Kier alpha value is -4.26. The summed E-state index contributed by atoms with van der Waals surface area (Å²) in [5, 5.41) is 11.3. The third-order valence-electron chi connectivity index (χ3n) is 5.96. The third kappa shape index (κ3) is 4.91. The van der Waals surface area contributed by atoms with Crippen molar-refractivity contribution >= 4 is 17.4 Å². The molecule has 1 atom stereocenters. The fraction of sp³-hybridized carbons (Fsp3) is 0.241. The molecule has 0 spiro atoms. The smallest absolute Gasteiger partial charge is 0.295 e. The zero-order chi connectivity index (χ0) is 25.8. The van der Waals surface area contributed by atoms with Crippen molar-refractivity contribution in [1.29, 1.82) is 0 Å². The van der Waals surface area contributed by atoms with Gasteiger partial charge in [0.25, 0.3) is 11.7 Å². The van der Waals surface area contributed by atoms with Crippen LogP contribution in [0.1, 0.15) is 36.6 Å². The van der Waals surface area contributed by atoms with E-state index < -0.39 is 17.7 Å². The number of rotatable bonds is 8. The summed E-state index contributed by atoms with van der Waals surface area (Å²) >= 11 is 0. The van der Waals surface area contributed by atoms with Crippen molar-refractivity contribution in [3.63, 3.8) is 0 Å². The first kappa shape index (κ1) is 24.9. The molecule has 1 saturated heterocycles. The molecule has 7 heteroatoms. The molecule has 36 heavy (non-hydrogen) atoms. The molecule has 0 aromatic heterocycles. The molecule has 7 nitrogen and oxygen atoms in total. The molecule has 0 aliphatic carbocycles. The van der Waals surface area contributed by atoms with Crippen molar-refractivity contribution in [1.82, 2.24) is 4.90 Å². The summed E-state index contributed by atoms with van der Waals surface area (Å²) in [6, 6.07) is 20.5. The van der Waals surface area contributed by atoms with Gasteiger partial charge in [-0.15, -0.1) is 0 Å². The van der Waals surface area contributed by atoms with Gasteiger partial charge < -0.3 is 24.2 Å². The van der Waals surface area contributed by atoms with Crippen molar-refractivity contribution in [2.45, 2.75) is 32.5 Å². The maximum Gasteiger partial charge on any atom is 0.295 e. The number of carbonyl (C=O) groups is 2. The van der Waals surface area contributed by atoms with Gasteiger partial charge in [0.1, 0.15) is 23.0 Å². The highest BCUT2D eigenvalue weighted by molar-refractivity contribution is 6.46. The number of para-hydroxylation sites is 1. The number of ether oxygens (including phenoxy) is 3. The van der Waals surface area contributed by atoms with Crippen LogP contribution >= 0.6 is 0 Å². The molecule has 1 N–H and O–H groups in total. The van der Waals surface area contributed by atoms with Gasteiger partial charge in [0.15, 0.2) is 0 Å². The Bertz CT molecular complexity index is 1310. The van der Waals surface area contributed by atoms with Crippen LogP contribution in [-0.2, 0) is 16.1 Å². The average molecular weight is 488 g/mol. The Kier molecular flexibility index (Phi) is 7.29. The van der Waals surface area contributed by atoms with Crippen LogP contribution in [0.25, 0.3) is 5.76 Å². The van der Waals surface area contributed by atoms with Crippen LogP contribution in [0.2, 0.25) is 0 Å². The highest BCUT2D eigenvalue weighted by atomic mass is 16.5. The van der Waals surface area contributed by atoms with E-state index in [0.29, 0.717) is 28.4 Å². The number of benzene rings is 3. The second-order valence-electron chi connectivity index (χ2n) is 8.71. The minimum Gasteiger partial charge on any atom is -0.507 e. The van der Waals surface area contributed by atoms with E-state index >= 15 is 0 Å². The lowest BCUT2D eigenvalue weighted by atomic mass is 9.95. The van der Waals surface area contributed by atoms with Gasteiger partial charge in [-0.25, -0.2) is 0 Å². The minimum absolute atomic E-state index is 0.00449. The molecular formula is C29H29NO6. The number of hydrogen-bond donors (Lipinski definition) is 1. The number of ketones is 1. The maximum absolute atomic E-state index is 13.4. The molecule has 0 bridgehead atoms. The molecule has 1 aliphatic heterocycles. The van der Waals surface area contributed by atoms with Crippen molar-refractivity contribution in [2.75, 3.05) is 14.2 Å². The lowest BCUT2D eigenvalue weighted by Crippen LogP contribution is -2.29. The van der Waals surface area contributed by atoms with Crippen molar-refractivity contribution in [3.8, 4) is 17.2 Å². The first-order valence-electron chi connectivity index (χ1n) is 11.7. The van der Waals surface area contributed by atoms with E-state index in [0.717, 1.165) is 5.56 Å². The fourth-order valence-corrected chi connectivity index (χ4v) is 4.36. The molecule has 1 fully saturated rings. The van der Waals surface area contributed by atoms with E-state index in [1.807, 2.05) is 50.2 Å². The summed E-state index contributed by atoms with van der Waals surface area (Å²) in [5.74, 6) is -0.00771. The van der Waals surface area contributed by atoms with E-state index in [1.54, 1.807) is 43.5 Å². The third-order valence-corrected chi connectivity index (χ3v) is 5.96. The number of aliphatic hydroxyl groups excluding tert-OH is 1. The molecule has 0 radical (unpaired) electrons. The summed E-state index contributed by atoms with van der Waals surface area (Å²) in [5.41, 5.74) is 1.77. The monoisotopic (exact) mass is 487 g/mol. The van der Waals surface area contributed by atoms with Crippen LogP contribution in [0.4, 0.5) is 0 Å². The summed E-state index contributed by atoms with van der Waals surface area (Å²) in [4.78, 5) is 28.2. The summed E-state index contributed by atoms with van der Waals surface area (Å²) in [6.45, 7) is 3.95. The van der Waals surface area contributed by atoms with Gasteiger partial charge in [0.05, 0.1) is 38.5 Å². The first-order valence-corrected chi connectivity index (χ1v) is 11.7. The lowest BCUT2D eigenvalue weighted by Gasteiger charge is -2.26. The molecular weight excluding hydrogens is 458 g/mol. The molecule has 186 valence electrons. The van der Waals surface area contributed by atoms with E-state index in [9.17, 15) is 14.7 Å². The lowest BCUT2D eigenvalue weighted by molar-refractivity contribution is -0.140. The normalized spacial score (nSPS) is 16.9. The standard InChI is InChI=1S/C29H29NO6/c1-18(2)36-23-13-7-10-19(15-23)26-25(27(31)20-11-8-12-22(16-20)34-3)28(32)29(33)30(26)17-21-9-5-6-14-24(21)35-4/h5-16,18,26,31H,17H2,1-4H3/b27-25-. The molecule has 4 rings (SSSR count). The van der Waals surface area contributed by atoms with Gasteiger partial charge in [-0.3, -0.25) is 9.59 Å². The highest BCUT2D eigenvalue weighted by Crippen LogP contribution is 2.42. The molecule has 1 heterocycles. The van der Waals surface area contributed by atoms with Crippen LogP contribution in [0.5, 0.6) is 17.2 Å². The van der Waals surface area contributed by atoms with Crippen LogP contribution in [0, 0.1) is 0 Å². The number of nitrogens with zero attached hydrogens (tertiary/aromatic N) is 1. The molecule has 3 aromatic rings. The SMILES string of the molecule is COc1cccc(/C(O)=C2/C(=O)C(=O)N(Cc3ccccc3OC)C2c2cccc(OC(C)C)c2)c1. The van der Waals surface area contributed by atoms with Gasteiger partial charge >= 0.3 is 0 Å². The summed E-state index contributed by atoms with van der Waals surface area (Å²) in [7, 11) is 3.07. The maximum atomic E-state index is 13.4. The molecule has 3 aromatic carbocycles. The second-order valence-corrected chi connectivity index (χ2v) is 8.71. The molecule has 1 aliphatic rings. The topological polar surface area (TPSA) is 85.3 Å². The average Bonchev–Trinajstić information content (AvgIpc) is 3.13. The number of Topliss-reactive ketones (excluding diaryl/α,β-unsaturated/α-hetero) is 1. The van der Waals surface area contributed by atoms with Gasteiger partial charge in [0, 0.05) is 11.1 Å². The van der Waals surface area contributed by atoms with E-state index in [4.69, 9.17) is 14.2 Å².